The predicted octanol–water partition coefficient (Wildman–Crippen LogP) is 2.21. The summed E-state index contributed by atoms with van der Waals surface area (Å²) in [5.41, 5.74) is 1.84. The Morgan fingerprint density at radius 1 is 0.970 bits per heavy atom. The summed E-state index contributed by atoms with van der Waals surface area (Å²) in [7, 11) is 2.12. The SMILES string of the molecule is CC(=O)c1ccc(N2CCN(C(=O)NCc3ccnc(N4CCN(C)CC4)c3)CC2)c(F)c1. The van der Waals surface area contributed by atoms with Crippen molar-refractivity contribution in [3.05, 3.63) is 53.5 Å². The molecule has 1 aromatic carbocycles. The van der Waals surface area contributed by atoms with Crippen LogP contribution in [0.1, 0.15) is 22.8 Å². The van der Waals surface area contributed by atoms with E-state index >= 15 is 0 Å². The zero-order valence-electron chi connectivity index (χ0n) is 19.3. The summed E-state index contributed by atoms with van der Waals surface area (Å²) in [6, 6.07) is 8.40. The molecule has 1 aromatic heterocycles. The molecule has 33 heavy (non-hydrogen) atoms. The summed E-state index contributed by atoms with van der Waals surface area (Å²) in [5.74, 6) is 0.377. The van der Waals surface area contributed by atoms with Gasteiger partial charge in [0.1, 0.15) is 11.6 Å². The quantitative estimate of drug-likeness (QED) is 0.699. The number of aromatic nitrogens is 1. The number of urea groups is 1. The highest BCUT2D eigenvalue weighted by Crippen LogP contribution is 2.22. The molecule has 0 aliphatic carbocycles. The molecule has 0 unspecified atom stereocenters. The molecular weight excluding hydrogens is 423 g/mol. The van der Waals surface area contributed by atoms with Crippen LogP contribution in [-0.2, 0) is 6.54 Å². The van der Waals surface area contributed by atoms with E-state index in [1.54, 1.807) is 23.2 Å². The van der Waals surface area contributed by atoms with Gasteiger partial charge in [-0.1, -0.05) is 0 Å². The lowest BCUT2D eigenvalue weighted by atomic mass is 10.1. The van der Waals surface area contributed by atoms with Gasteiger partial charge in [0.05, 0.1) is 5.69 Å². The molecular formula is C24H31FN6O2. The summed E-state index contributed by atoms with van der Waals surface area (Å²) >= 11 is 0. The number of rotatable bonds is 5. The maximum atomic E-state index is 14.4. The molecule has 0 atom stereocenters. The number of carbonyl (C=O) groups is 2. The second-order valence-corrected chi connectivity index (χ2v) is 8.67. The molecule has 2 amide bonds. The topological polar surface area (TPSA) is 72.0 Å². The summed E-state index contributed by atoms with van der Waals surface area (Å²) < 4.78 is 14.4. The third-order valence-electron chi connectivity index (χ3n) is 6.34. The Kier molecular flexibility index (Phi) is 7.08. The lowest BCUT2D eigenvalue weighted by Crippen LogP contribution is -2.51. The fraction of sp³-hybridized carbons (Fsp3) is 0.458. The number of piperazine rings is 2. The largest absolute Gasteiger partial charge is 0.366 e. The zero-order chi connectivity index (χ0) is 23.4. The van der Waals surface area contributed by atoms with Gasteiger partial charge in [0, 0.05) is 70.7 Å². The zero-order valence-corrected chi connectivity index (χ0v) is 19.3. The van der Waals surface area contributed by atoms with Gasteiger partial charge < -0.3 is 24.9 Å². The molecule has 0 saturated carbocycles. The number of hydrogen-bond donors (Lipinski definition) is 1. The number of benzene rings is 1. The molecule has 2 aliphatic heterocycles. The van der Waals surface area contributed by atoms with Crippen molar-refractivity contribution in [2.75, 3.05) is 69.2 Å². The van der Waals surface area contributed by atoms with Crippen LogP contribution in [0.3, 0.4) is 0 Å². The molecule has 3 heterocycles. The minimum Gasteiger partial charge on any atom is -0.366 e. The van der Waals surface area contributed by atoms with Gasteiger partial charge in [0.25, 0.3) is 0 Å². The molecule has 176 valence electrons. The van der Waals surface area contributed by atoms with E-state index in [2.05, 4.69) is 27.1 Å². The highest BCUT2D eigenvalue weighted by atomic mass is 19.1. The molecule has 1 N–H and O–H groups in total. The third kappa shape index (κ3) is 5.60. The van der Waals surface area contributed by atoms with Crippen molar-refractivity contribution in [2.24, 2.45) is 0 Å². The number of halogens is 1. The van der Waals surface area contributed by atoms with Crippen molar-refractivity contribution in [3.63, 3.8) is 0 Å². The molecule has 2 saturated heterocycles. The van der Waals surface area contributed by atoms with E-state index < -0.39 is 5.82 Å². The van der Waals surface area contributed by atoms with E-state index in [9.17, 15) is 14.0 Å². The van der Waals surface area contributed by atoms with Gasteiger partial charge in [-0.3, -0.25) is 4.79 Å². The summed E-state index contributed by atoms with van der Waals surface area (Å²) in [6.07, 6.45) is 1.79. The fourth-order valence-electron chi connectivity index (χ4n) is 4.20. The molecule has 9 heteroatoms. The Morgan fingerprint density at radius 2 is 1.67 bits per heavy atom. The van der Waals surface area contributed by atoms with Crippen molar-refractivity contribution in [1.82, 2.24) is 20.1 Å². The van der Waals surface area contributed by atoms with Gasteiger partial charge in [-0.25, -0.2) is 14.2 Å². The normalized spacial score (nSPS) is 17.2. The summed E-state index contributed by atoms with van der Waals surface area (Å²) in [5, 5.41) is 2.99. The first-order valence-corrected chi connectivity index (χ1v) is 11.4. The van der Waals surface area contributed by atoms with Crippen LogP contribution in [0.25, 0.3) is 0 Å². The number of anilines is 2. The Morgan fingerprint density at radius 3 is 2.33 bits per heavy atom. The number of nitrogens with one attached hydrogen (secondary N) is 1. The van der Waals surface area contributed by atoms with Crippen LogP contribution in [-0.4, -0.2) is 86.0 Å². The van der Waals surface area contributed by atoms with Crippen LogP contribution in [0.5, 0.6) is 0 Å². The molecule has 2 aromatic rings. The van der Waals surface area contributed by atoms with Crippen LogP contribution < -0.4 is 15.1 Å². The van der Waals surface area contributed by atoms with Crippen molar-refractivity contribution < 1.29 is 14.0 Å². The highest BCUT2D eigenvalue weighted by molar-refractivity contribution is 5.94. The van der Waals surface area contributed by atoms with E-state index in [4.69, 9.17) is 0 Å². The predicted molar refractivity (Wildman–Crippen MR) is 126 cm³/mol. The van der Waals surface area contributed by atoms with E-state index in [0.29, 0.717) is 44.0 Å². The Bertz CT molecular complexity index is 1000. The molecule has 4 rings (SSSR count). The van der Waals surface area contributed by atoms with Gasteiger partial charge in [-0.15, -0.1) is 0 Å². The molecule has 2 aliphatic rings. The number of likely N-dealkylation sites (N-methyl/N-ethyl adjacent to an activating group) is 1. The number of Topliss-reactive ketones (excluding diaryl/α,β-unsaturated/α-hetero) is 1. The first kappa shape index (κ1) is 23.0. The van der Waals surface area contributed by atoms with E-state index in [1.165, 1.54) is 13.0 Å². The number of carbonyl (C=O) groups excluding carboxylic acids is 2. The fourth-order valence-corrected chi connectivity index (χ4v) is 4.20. The maximum absolute atomic E-state index is 14.4. The molecule has 0 radical (unpaired) electrons. The first-order valence-electron chi connectivity index (χ1n) is 11.4. The lowest BCUT2D eigenvalue weighted by molar-refractivity contribution is 0.101. The van der Waals surface area contributed by atoms with Crippen LogP contribution in [0.2, 0.25) is 0 Å². The second-order valence-electron chi connectivity index (χ2n) is 8.67. The molecule has 0 bridgehead atoms. The third-order valence-corrected chi connectivity index (χ3v) is 6.34. The average Bonchev–Trinajstić information content (AvgIpc) is 2.83. The monoisotopic (exact) mass is 454 g/mol. The smallest absolute Gasteiger partial charge is 0.317 e. The minimum absolute atomic E-state index is 0.125. The Labute approximate surface area is 194 Å². The van der Waals surface area contributed by atoms with E-state index in [-0.39, 0.29) is 11.8 Å². The maximum Gasteiger partial charge on any atom is 0.317 e. The van der Waals surface area contributed by atoms with E-state index in [1.807, 2.05) is 17.0 Å². The van der Waals surface area contributed by atoms with Gasteiger partial charge in [0.15, 0.2) is 5.78 Å². The van der Waals surface area contributed by atoms with Crippen molar-refractivity contribution in [3.8, 4) is 0 Å². The minimum atomic E-state index is -0.408. The van der Waals surface area contributed by atoms with Crippen LogP contribution in [0.4, 0.5) is 20.7 Å². The van der Waals surface area contributed by atoms with Crippen molar-refractivity contribution in [2.45, 2.75) is 13.5 Å². The van der Waals surface area contributed by atoms with Crippen LogP contribution >= 0.6 is 0 Å². The van der Waals surface area contributed by atoms with Crippen molar-refractivity contribution in [1.29, 1.82) is 0 Å². The van der Waals surface area contributed by atoms with Crippen molar-refractivity contribution >= 4 is 23.3 Å². The number of amides is 2. The molecule has 2 fully saturated rings. The van der Waals surface area contributed by atoms with Gasteiger partial charge in [-0.2, -0.15) is 0 Å². The van der Waals surface area contributed by atoms with Gasteiger partial charge in [0.2, 0.25) is 0 Å². The Hall–Kier alpha value is -3.20. The van der Waals surface area contributed by atoms with Crippen LogP contribution in [0, 0.1) is 5.82 Å². The highest BCUT2D eigenvalue weighted by Gasteiger charge is 2.23. The second kappa shape index (κ2) is 10.2. The van der Waals surface area contributed by atoms with E-state index in [0.717, 1.165) is 37.6 Å². The summed E-state index contributed by atoms with van der Waals surface area (Å²) in [4.78, 5) is 36.8. The average molecular weight is 455 g/mol. The van der Waals surface area contributed by atoms with Gasteiger partial charge in [-0.05, 0) is 49.9 Å². The number of pyridine rings is 1. The standard InChI is InChI=1S/C24H31FN6O2/c1-18(32)20-3-4-22(21(25)16-20)29-11-13-31(14-12-29)24(33)27-17-19-5-6-26-23(15-19)30-9-7-28(2)8-10-30/h3-6,15-16H,7-14,17H2,1-2H3,(H,27,33). The summed E-state index contributed by atoms with van der Waals surface area (Å²) in [6.45, 7) is 7.85. The number of ketones is 1. The van der Waals surface area contributed by atoms with Crippen LogP contribution in [0.15, 0.2) is 36.5 Å². The van der Waals surface area contributed by atoms with Gasteiger partial charge >= 0.3 is 6.03 Å². The first-order chi connectivity index (χ1) is 15.9. The molecule has 8 nitrogen and oxygen atoms in total. The Balaban J connectivity index is 1.28. The molecule has 0 spiro atoms. The number of nitrogens with zero attached hydrogens (tertiary/aromatic N) is 5. The number of hydrogen-bond acceptors (Lipinski definition) is 6. The lowest BCUT2D eigenvalue weighted by Gasteiger charge is -2.36.